The first-order chi connectivity index (χ1) is 5.61. The Morgan fingerprint density at radius 2 is 1.83 bits per heavy atom. The largest absolute Gasteiger partial charge is 0.377 e. The van der Waals surface area contributed by atoms with Crippen LogP contribution in [0, 0.1) is 0 Å². The molecule has 0 N–H and O–H groups in total. The summed E-state index contributed by atoms with van der Waals surface area (Å²) in [5, 5.41) is 0. The topological polar surface area (TPSA) is 12.5 Å². The van der Waals surface area contributed by atoms with Crippen LogP contribution in [0.25, 0.3) is 0 Å². The van der Waals surface area contributed by atoms with Crippen LogP contribution in [-0.4, -0.2) is 37.2 Å². The van der Waals surface area contributed by atoms with E-state index in [-0.39, 0.29) is 0 Å². The molecule has 0 aliphatic heterocycles. The van der Waals surface area contributed by atoms with Crippen LogP contribution in [0.15, 0.2) is 0 Å². The average molecular weight is 173 g/mol. The Kier molecular flexibility index (Phi) is 6.39. The molecule has 0 heterocycles. The lowest BCUT2D eigenvalue weighted by Gasteiger charge is -2.26. The molecule has 2 heteroatoms. The second-order valence-electron chi connectivity index (χ2n) is 3.52. The number of ether oxygens (including phenoxy) is 1. The van der Waals surface area contributed by atoms with Crippen LogP contribution in [0.3, 0.4) is 0 Å². The molecule has 0 spiro atoms. The molecule has 0 aromatic rings. The minimum absolute atomic E-state index is 0.351. The van der Waals surface area contributed by atoms with Crippen LogP contribution < -0.4 is 0 Å². The molecule has 0 saturated heterocycles. The standard InChI is InChI=1S/C10H23NO/c1-6-10(11(5)7-2)8-12-9(3)4/h9-10H,6-8H2,1-5H3. The molecule has 0 aromatic carbocycles. The smallest absolute Gasteiger partial charge is 0.0625 e. The van der Waals surface area contributed by atoms with Crippen molar-refractivity contribution in [3.8, 4) is 0 Å². The summed E-state index contributed by atoms with van der Waals surface area (Å²) in [5.41, 5.74) is 0. The van der Waals surface area contributed by atoms with E-state index in [0.29, 0.717) is 12.1 Å². The minimum atomic E-state index is 0.351. The van der Waals surface area contributed by atoms with Gasteiger partial charge in [-0.3, -0.25) is 0 Å². The van der Waals surface area contributed by atoms with E-state index in [0.717, 1.165) is 19.6 Å². The molecule has 0 bridgehead atoms. The molecule has 1 atom stereocenters. The van der Waals surface area contributed by atoms with E-state index in [2.05, 4.69) is 39.6 Å². The monoisotopic (exact) mass is 173 g/mol. The minimum Gasteiger partial charge on any atom is -0.377 e. The van der Waals surface area contributed by atoms with Gasteiger partial charge in [-0.2, -0.15) is 0 Å². The van der Waals surface area contributed by atoms with Gasteiger partial charge < -0.3 is 9.64 Å². The Hall–Kier alpha value is -0.0800. The molecule has 0 saturated carbocycles. The summed E-state index contributed by atoms with van der Waals surface area (Å²) < 4.78 is 5.58. The normalized spacial score (nSPS) is 14.2. The zero-order chi connectivity index (χ0) is 9.56. The fourth-order valence-corrected chi connectivity index (χ4v) is 1.12. The lowest BCUT2D eigenvalue weighted by molar-refractivity contribution is 0.0322. The van der Waals surface area contributed by atoms with Gasteiger partial charge in [0, 0.05) is 6.04 Å². The van der Waals surface area contributed by atoms with Gasteiger partial charge in [0.25, 0.3) is 0 Å². The SMILES string of the molecule is CCC(COC(C)C)N(C)CC. The van der Waals surface area contributed by atoms with Crippen LogP contribution in [0.2, 0.25) is 0 Å². The molecule has 12 heavy (non-hydrogen) atoms. The maximum Gasteiger partial charge on any atom is 0.0625 e. The van der Waals surface area contributed by atoms with Crippen molar-refractivity contribution in [1.29, 1.82) is 0 Å². The second kappa shape index (κ2) is 6.44. The number of likely N-dealkylation sites (N-methyl/N-ethyl adjacent to an activating group) is 1. The predicted molar refractivity (Wildman–Crippen MR) is 53.5 cm³/mol. The maximum atomic E-state index is 5.58. The number of hydrogen-bond acceptors (Lipinski definition) is 2. The quantitative estimate of drug-likeness (QED) is 0.610. The first-order valence-corrected chi connectivity index (χ1v) is 4.93. The summed E-state index contributed by atoms with van der Waals surface area (Å²) in [6, 6.07) is 0.581. The maximum absolute atomic E-state index is 5.58. The van der Waals surface area contributed by atoms with Crippen molar-refractivity contribution in [2.24, 2.45) is 0 Å². The Morgan fingerprint density at radius 3 is 2.17 bits per heavy atom. The van der Waals surface area contributed by atoms with Crippen molar-refractivity contribution in [3.63, 3.8) is 0 Å². The van der Waals surface area contributed by atoms with Crippen LogP contribution in [0.4, 0.5) is 0 Å². The summed E-state index contributed by atoms with van der Waals surface area (Å²) >= 11 is 0. The summed E-state index contributed by atoms with van der Waals surface area (Å²) in [5.74, 6) is 0. The summed E-state index contributed by atoms with van der Waals surface area (Å²) in [6.07, 6.45) is 1.51. The van der Waals surface area contributed by atoms with E-state index in [1.807, 2.05) is 0 Å². The van der Waals surface area contributed by atoms with E-state index < -0.39 is 0 Å². The summed E-state index contributed by atoms with van der Waals surface area (Å²) in [7, 11) is 2.15. The van der Waals surface area contributed by atoms with Crippen molar-refractivity contribution in [2.75, 3.05) is 20.2 Å². The lowest BCUT2D eigenvalue weighted by atomic mass is 10.2. The molecule has 1 unspecified atom stereocenters. The molecule has 2 nitrogen and oxygen atoms in total. The van der Waals surface area contributed by atoms with Gasteiger partial charge >= 0.3 is 0 Å². The van der Waals surface area contributed by atoms with Crippen molar-refractivity contribution >= 4 is 0 Å². The molecule has 0 rings (SSSR count). The Balaban J connectivity index is 3.67. The fraction of sp³-hybridized carbons (Fsp3) is 1.00. The Labute approximate surface area is 76.9 Å². The van der Waals surface area contributed by atoms with E-state index in [1.54, 1.807) is 0 Å². The van der Waals surface area contributed by atoms with Gasteiger partial charge in [-0.25, -0.2) is 0 Å². The van der Waals surface area contributed by atoms with Crippen LogP contribution in [-0.2, 0) is 4.74 Å². The highest BCUT2D eigenvalue weighted by molar-refractivity contribution is 4.65. The first kappa shape index (κ1) is 11.9. The number of hydrogen-bond donors (Lipinski definition) is 0. The third-order valence-corrected chi connectivity index (χ3v) is 2.22. The van der Waals surface area contributed by atoms with E-state index in [1.165, 1.54) is 0 Å². The van der Waals surface area contributed by atoms with Gasteiger partial charge in [-0.15, -0.1) is 0 Å². The number of rotatable bonds is 6. The Bertz CT molecular complexity index is 104. The van der Waals surface area contributed by atoms with Gasteiger partial charge in [0.05, 0.1) is 12.7 Å². The van der Waals surface area contributed by atoms with Crippen LogP contribution in [0.1, 0.15) is 34.1 Å². The van der Waals surface area contributed by atoms with Gasteiger partial charge in [0.2, 0.25) is 0 Å². The molecule has 0 amide bonds. The van der Waals surface area contributed by atoms with E-state index in [9.17, 15) is 0 Å². The fourth-order valence-electron chi connectivity index (χ4n) is 1.12. The van der Waals surface area contributed by atoms with Gasteiger partial charge in [-0.05, 0) is 33.9 Å². The second-order valence-corrected chi connectivity index (χ2v) is 3.52. The molecular weight excluding hydrogens is 150 g/mol. The van der Waals surface area contributed by atoms with E-state index in [4.69, 9.17) is 4.74 Å². The third kappa shape index (κ3) is 4.73. The molecule has 0 aromatic heterocycles. The third-order valence-electron chi connectivity index (χ3n) is 2.22. The highest BCUT2D eigenvalue weighted by Crippen LogP contribution is 2.03. The lowest BCUT2D eigenvalue weighted by Crippen LogP contribution is -2.35. The van der Waals surface area contributed by atoms with Crippen molar-refractivity contribution < 1.29 is 4.74 Å². The van der Waals surface area contributed by atoms with Crippen molar-refractivity contribution in [3.05, 3.63) is 0 Å². The zero-order valence-electron chi connectivity index (χ0n) is 9.13. The highest BCUT2D eigenvalue weighted by atomic mass is 16.5. The zero-order valence-corrected chi connectivity index (χ0v) is 9.13. The number of nitrogens with zero attached hydrogens (tertiary/aromatic N) is 1. The molecular formula is C10H23NO. The summed E-state index contributed by atoms with van der Waals surface area (Å²) in [6.45, 7) is 10.5. The van der Waals surface area contributed by atoms with Crippen LogP contribution in [0.5, 0.6) is 0 Å². The summed E-state index contributed by atoms with van der Waals surface area (Å²) in [4.78, 5) is 2.34. The van der Waals surface area contributed by atoms with Crippen molar-refractivity contribution in [1.82, 2.24) is 4.90 Å². The molecule has 74 valence electrons. The molecule has 0 fully saturated rings. The van der Waals surface area contributed by atoms with Crippen LogP contribution >= 0.6 is 0 Å². The molecule has 0 aliphatic carbocycles. The van der Waals surface area contributed by atoms with E-state index >= 15 is 0 Å². The van der Waals surface area contributed by atoms with Crippen molar-refractivity contribution in [2.45, 2.75) is 46.3 Å². The highest BCUT2D eigenvalue weighted by Gasteiger charge is 2.11. The molecule has 0 aliphatic rings. The molecule has 0 radical (unpaired) electrons. The van der Waals surface area contributed by atoms with Gasteiger partial charge in [0.1, 0.15) is 0 Å². The average Bonchev–Trinajstić information content (AvgIpc) is 2.04. The van der Waals surface area contributed by atoms with Gasteiger partial charge in [0.15, 0.2) is 0 Å². The Morgan fingerprint density at radius 1 is 1.25 bits per heavy atom. The first-order valence-electron chi connectivity index (χ1n) is 4.93. The van der Waals surface area contributed by atoms with Gasteiger partial charge in [-0.1, -0.05) is 13.8 Å². The predicted octanol–water partition coefficient (Wildman–Crippen LogP) is 2.14.